The van der Waals surface area contributed by atoms with Crippen LogP contribution in [-0.4, -0.2) is 28.0 Å². The highest BCUT2D eigenvalue weighted by Gasteiger charge is 2.16. The Balaban J connectivity index is 1.79. The molecule has 1 amide bonds. The Kier molecular flexibility index (Phi) is 4.96. The molecule has 0 bridgehead atoms. The zero-order valence-electron chi connectivity index (χ0n) is 11.9. The number of hydrogen-bond acceptors (Lipinski definition) is 3. The maximum atomic E-state index is 11.9. The Morgan fingerprint density at radius 3 is 3.16 bits per heavy atom. The lowest BCUT2D eigenvalue weighted by Gasteiger charge is -2.12. The number of hydrogen-bond donors (Lipinski definition) is 2. The van der Waals surface area contributed by atoms with E-state index in [1.54, 1.807) is 6.20 Å². The molecule has 1 unspecified atom stereocenters. The first-order valence-electron chi connectivity index (χ1n) is 7.19. The molecule has 1 aromatic rings. The molecule has 1 fully saturated rings. The molecule has 1 aromatic heterocycles. The Labute approximate surface area is 114 Å². The van der Waals surface area contributed by atoms with Crippen LogP contribution in [0.1, 0.15) is 39.5 Å². The number of imidazole rings is 1. The number of nitrogens with zero attached hydrogens (tertiary/aromatic N) is 2. The summed E-state index contributed by atoms with van der Waals surface area (Å²) >= 11 is 0. The van der Waals surface area contributed by atoms with Crippen molar-refractivity contribution in [2.45, 2.75) is 52.1 Å². The van der Waals surface area contributed by atoms with Crippen LogP contribution in [-0.2, 0) is 11.3 Å². The summed E-state index contributed by atoms with van der Waals surface area (Å²) in [7, 11) is 0. The first-order chi connectivity index (χ1) is 9.15. The lowest BCUT2D eigenvalue weighted by atomic mass is 10.1. The molecule has 106 valence electrons. The zero-order chi connectivity index (χ0) is 13.7. The van der Waals surface area contributed by atoms with Gasteiger partial charge in [0, 0.05) is 31.4 Å². The normalized spacial score (nSPS) is 19.0. The second kappa shape index (κ2) is 6.70. The van der Waals surface area contributed by atoms with Crippen LogP contribution in [0, 0.1) is 5.92 Å². The van der Waals surface area contributed by atoms with Crippen molar-refractivity contribution in [1.82, 2.24) is 14.9 Å². The van der Waals surface area contributed by atoms with E-state index in [4.69, 9.17) is 0 Å². The Morgan fingerprint density at radius 2 is 2.47 bits per heavy atom. The molecule has 5 heteroatoms. The quantitative estimate of drug-likeness (QED) is 0.826. The van der Waals surface area contributed by atoms with E-state index in [2.05, 4.69) is 29.5 Å². The van der Waals surface area contributed by atoms with Crippen LogP contribution in [0.4, 0.5) is 5.95 Å². The first-order valence-corrected chi connectivity index (χ1v) is 7.19. The highest BCUT2D eigenvalue weighted by atomic mass is 16.1. The molecule has 1 aliphatic rings. The average molecular weight is 264 g/mol. The van der Waals surface area contributed by atoms with Gasteiger partial charge in [0.05, 0.1) is 0 Å². The molecule has 2 rings (SSSR count). The van der Waals surface area contributed by atoms with Gasteiger partial charge in [-0.15, -0.1) is 0 Å². The largest absolute Gasteiger partial charge is 0.317 e. The first kappa shape index (κ1) is 14.1. The number of amides is 1. The van der Waals surface area contributed by atoms with Gasteiger partial charge in [-0.25, -0.2) is 4.98 Å². The molecule has 19 heavy (non-hydrogen) atoms. The fourth-order valence-corrected chi connectivity index (χ4v) is 2.47. The molecule has 1 aliphatic heterocycles. The van der Waals surface area contributed by atoms with Crippen LogP contribution in [0.2, 0.25) is 0 Å². The molecular weight excluding hydrogens is 240 g/mol. The molecule has 0 saturated carbocycles. The van der Waals surface area contributed by atoms with Gasteiger partial charge in [0.1, 0.15) is 0 Å². The van der Waals surface area contributed by atoms with Crippen LogP contribution >= 0.6 is 0 Å². The van der Waals surface area contributed by atoms with Gasteiger partial charge in [-0.05, 0) is 31.7 Å². The van der Waals surface area contributed by atoms with E-state index in [9.17, 15) is 4.79 Å². The van der Waals surface area contributed by atoms with Gasteiger partial charge in [-0.1, -0.05) is 13.8 Å². The van der Waals surface area contributed by atoms with Crippen molar-refractivity contribution >= 4 is 11.9 Å². The molecule has 0 spiro atoms. The van der Waals surface area contributed by atoms with E-state index in [1.165, 1.54) is 12.8 Å². The number of anilines is 1. The van der Waals surface area contributed by atoms with Gasteiger partial charge in [0.15, 0.2) is 0 Å². The smallest absolute Gasteiger partial charge is 0.226 e. The van der Waals surface area contributed by atoms with Crippen molar-refractivity contribution in [3.8, 4) is 0 Å². The Morgan fingerprint density at radius 1 is 1.63 bits per heavy atom. The lowest BCUT2D eigenvalue weighted by Crippen LogP contribution is -2.24. The summed E-state index contributed by atoms with van der Waals surface area (Å²) in [5, 5.41) is 6.31. The summed E-state index contributed by atoms with van der Waals surface area (Å²) in [6.45, 7) is 6.26. The molecular formula is C14H24N4O. The highest BCUT2D eigenvalue weighted by Crippen LogP contribution is 2.12. The standard InChI is InChI=1S/C14H24N4O/c1-11(2)10-18-9-8-16-14(18)17-13(19)6-5-12-4-3-7-15-12/h8-9,11-12,15H,3-7,10H2,1-2H3,(H,16,17,19). The lowest BCUT2D eigenvalue weighted by molar-refractivity contribution is -0.116. The third-order valence-electron chi connectivity index (χ3n) is 3.41. The van der Waals surface area contributed by atoms with Crippen molar-refractivity contribution in [2.75, 3.05) is 11.9 Å². The number of carbonyl (C=O) groups is 1. The maximum Gasteiger partial charge on any atom is 0.226 e. The van der Waals surface area contributed by atoms with Crippen LogP contribution in [0.5, 0.6) is 0 Å². The van der Waals surface area contributed by atoms with Gasteiger partial charge in [-0.3, -0.25) is 10.1 Å². The van der Waals surface area contributed by atoms with E-state index in [-0.39, 0.29) is 5.91 Å². The van der Waals surface area contributed by atoms with Crippen LogP contribution < -0.4 is 10.6 Å². The molecule has 2 N–H and O–H groups in total. The predicted molar refractivity (Wildman–Crippen MR) is 76.0 cm³/mol. The predicted octanol–water partition coefficient (Wildman–Crippen LogP) is 2.01. The van der Waals surface area contributed by atoms with Crippen molar-refractivity contribution < 1.29 is 4.79 Å². The number of nitrogens with one attached hydrogen (secondary N) is 2. The van der Waals surface area contributed by atoms with Crippen LogP contribution in [0.15, 0.2) is 12.4 Å². The molecule has 1 saturated heterocycles. The average Bonchev–Trinajstić information content (AvgIpc) is 2.98. The summed E-state index contributed by atoms with van der Waals surface area (Å²) in [5.74, 6) is 1.26. The van der Waals surface area contributed by atoms with Crippen molar-refractivity contribution in [3.63, 3.8) is 0 Å². The summed E-state index contributed by atoms with van der Waals surface area (Å²) in [4.78, 5) is 16.1. The third-order valence-corrected chi connectivity index (χ3v) is 3.41. The van der Waals surface area contributed by atoms with Gasteiger partial charge >= 0.3 is 0 Å². The maximum absolute atomic E-state index is 11.9. The van der Waals surface area contributed by atoms with Crippen molar-refractivity contribution in [2.24, 2.45) is 5.92 Å². The van der Waals surface area contributed by atoms with Crippen molar-refractivity contribution in [1.29, 1.82) is 0 Å². The number of carbonyl (C=O) groups excluding carboxylic acids is 1. The Bertz CT molecular complexity index is 407. The van der Waals surface area contributed by atoms with Gasteiger partial charge in [0.25, 0.3) is 0 Å². The molecule has 2 heterocycles. The molecule has 5 nitrogen and oxygen atoms in total. The zero-order valence-corrected chi connectivity index (χ0v) is 11.9. The molecule has 0 aliphatic carbocycles. The van der Waals surface area contributed by atoms with Crippen molar-refractivity contribution in [3.05, 3.63) is 12.4 Å². The summed E-state index contributed by atoms with van der Waals surface area (Å²) < 4.78 is 2.00. The van der Waals surface area contributed by atoms with E-state index in [0.717, 1.165) is 19.5 Å². The Hall–Kier alpha value is -1.36. The van der Waals surface area contributed by atoms with Gasteiger partial charge in [0.2, 0.25) is 11.9 Å². The van der Waals surface area contributed by atoms with E-state index in [1.807, 2.05) is 10.8 Å². The third kappa shape index (κ3) is 4.35. The van der Waals surface area contributed by atoms with E-state index in [0.29, 0.717) is 24.3 Å². The fraction of sp³-hybridized carbons (Fsp3) is 0.714. The second-order valence-electron chi connectivity index (χ2n) is 5.68. The van der Waals surface area contributed by atoms with Crippen LogP contribution in [0.3, 0.4) is 0 Å². The summed E-state index contributed by atoms with van der Waals surface area (Å²) in [5.41, 5.74) is 0. The number of rotatable bonds is 6. The van der Waals surface area contributed by atoms with Gasteiger partial charge in [-0.2, -0.15) is 0 Å². The highest BCUT2D eigenvalue weighted by molar-refractivity contribution is 5.89. The van der Waals surface area contributed by atoms with E-state index >= 15 is 0 Å². The monoisotopic (exact) mass is 264 g/mol. The molecule has 0 radical (unpaired) electrons. The van der Waals surface area contributed by atoms with Gasteiger partial charge < -0.3 is 9.88 Å². The minimum atomic E-state index is 0.0601. The number of aromatic nitrogens is 2. The van der Waals surface area contributed by atoms with E-state index < -0.39 is 0 Å². The summed E-state index contributed by atoms with van der Waals surface area (Å²) in [6.07, 6.45) is 7.54. The molecule has 0 aromatic carbocycles. The second-order valence-corrected chi connectivity index (χ2v) is 5.68. The fourth-order valence-electron chi connectivity index (χ4n) is 2.47. The molecule has 1 atom stereocenters. The minimum Gasteiger partial charge on any atom is -0.317 e. The minimum absolute atomic E-state index is 0.0601. The SMILES string of the molecule is CC(C)Cn1ccnc1NC(=O)CCC1CCCN1. The summed E-state index contributed by atoms with van der Waals surface area (Å²) in [6, 6.07) is 0.515. The topological polar surface area (TPSA) is 59.0 Å². The van der Waals surface area contributed by atoms with Crippen LogP contribution in [0.25, 0.3) is 0 Å².